The normalized spacial score (nSPS) is 24.1. The third-order valence-electron chi connectivity index (χ3n) is 3.55. The highest BCUT2D eigenvalue weighted by molar-refractivity contribution is 8.00. The summed E-state index contributed by atoms with van der Waals surface area (Å²) < 4.78 is 14.1. The maximum Gasteiger partial charge on any atom is 0.159 e. The van der Waals surface area contributed by atoms with Gasteiger partial charge in [-0.05, 0) is 32.0 Å². The Balaban J connectivity index is 2.30. The lowest BCUT2D eigenvalue weighted by Crippen LogP contribution is -2.45. The van der Waals surface area contributed by atoms with Crippen molar-refractivity contribution in [3.05, 3.63) is 29.6 Å². The quantitative estimate of drug-likeness (QED) is 0.766. The van der Waals surface area contributed by atoms with Crippen LogP contribution in [0.4, 0.5) is 10.1 Å². The molecule has 2 nitrogen and oxygen atoms in total. The Hall–Kier alpha value is -1.03. The highest BCUT2D eigenvalue weighted by Crippen LogP contribution is 2.31. The first kappa shape index (κ1) is 13.4. The van der Waals surface area contributed by atoms with Crippen LogP contribution >= 0.6 is 11.8 Å². The van der Waals surface area contributed by atoms with Gasteiger partial charge in [0.25, 0.3) is 0 Å². The van der Waals surface area contributed by atoms with E-state index < -0.39 is 0 Å². The molecule has 1 fully saturated rings. The van der Waals surface area contributed by atoms with Gasteiger partial charge in [-0.3, -0.25) is 4.79 Å². The van der Waals surface area contributed by atoms with Crippen LogP contribution in [0.15, 0.2) is 18.2 Å². The van der Waals surface area contributed by atoms with Gasteiger partial charge >= 0.3 is 0 Å². The van der Waals surface area contributed by atoms with Gasteiger partial charge in [0.05, 0.1) is 5.69 Å². The predicted molar refractivity (Wildman–Crippen MR) is 75.1 cm³/mol. The Morgan fingerprint density at radius 3 is 2.78 bits per heavy atom. The first-order valence-corrected chi connectivity index (χ1v) is 7.24. The zero-order valence-corrected chi connectivity index (χ0v) is 11.8. The van der Waals surface area contributed by atoms with Crippen LogP contribution in [0, 0.1) is 5.82 Å². The summed E-state index contributed by atoms with van der Waals surface area (Å²) in [6.07, 6.45) is 0. The lowest BCUT2D eigenvalue weighted by atomic mass is 10.1. The largest absolute Gasteiger partial charge is 0.365 e. The van der Waals surface area contributed by atoms with Crippen LogP contribution in [0.3, 0.4) is 0 Å². The zero-order valence-electron chi connectivity index (χ0n) is 10.9. The average molecular weight is 267 g/mol. The van der Waals surface area contributed by atoms with Crippen molar-refractivity contribution < 1.29 is 9.18 Å². The van der Waals surface area contributed by atoms with E-state index in [2.05, 4.69) is 18.7 Å². The van der Waals surface area contributed by atoms with Gasteiger partial charge in [0.1, 0.15) is 5.82 Å². The number of hydrogen-bond acceptors (Lipinski definition) is 3. The molecule has 0 bridgehead atoms. The number of thioether (sulfide) groups is 1. The van der Waals surface area contributed by atoms with E-state index in [1.165, 1.54) is 13.0 Å². The summed E-state index contributed by atoms with van der Waals surface area (Å²) in [7, 11) is 0. The number of nitrogens with zero attached hydrogens (tertiary/aromatic N) is 1. The van der Waals surface area contributed by atoms with Gasteiger partial charge in [-0.15, -0.1) is 0 Å². The monoisotopic (exact) mass is 267 g/mol. The molecule has 1 heterocycles. The fourth-order valence-corrected chi connectivity index (χ4v) is 3.33. The van der Waals surface area contributed by atoms with E-state index in [-0.39, 0.29) is 11.6 Å². The molecule has 1 saturated heterocycles. The van der Waals surface area contributed by atoms with E-state index in [0.29, 0.717) is 22.5 Å². The molecule has 0 aliphatic carbocycles. The number of ketones is 1. The minimum absolute atomic E-state index is 0.101. The fourth-order valence-electron chi connectivity index (χ4n) is 2.23. The van der Waals surface area contributed by atoms with Crippen molar-refractivity contribution in [2.75, 3.05) is 17.2 Å². The Bertz CT molecular complexity index is 463. The summed E-state index contributed by atoms with van der Waals surface area (Å²) in [6, 6.07) is 5.09. The van der Waals surface area contributed by atoms with Crippen molar-refractivity contribution in [3.8, 4) is 0 Å². The molecule has 18 heavy (non-hydrogen) atoms. The smallest absolute Gasteiger partial charge is 0.159 e. The molecule has 0 N–H and O–H groups in total. The number of Topliss-reactive ketones (excluding diaryl/α,β-unsaturated/α-hetero) is 1. The SMILES string of the molecule is CC(=O)c1ccc(N2CCSC(C)C2C)c(F)c1. The number of carbonyl (C=O) groups excluding carboxylic acids is 1. The minimum Gasteiger partial charge on any atom is -0.365 e. The number of halogens is 1. The first-order chi connectivity index (χ1) is 8.50. The van der Waals surface area contributed by atoms with Crippen LogP contribution in [0.2, 0.25) is 0 Å². The molecule has 2 atom stereocenters. The van der Waals surface area contributed by atoms with E-state index >= 15 is 0 Å². The van der Waals surface area contributed by atoms with Crippen molar-refractivity contribution in [1.29, 1.82) is 0 Å². The lowest BCUT2D eigenvalue weighted by Gasteiger charge is -2.39. The Labute approximate surface area is 112 Å². The standard InChI is InChI=1S/C14H18FNOS/c1-9-11(3)18-7-6-16(9)14-5-4-12(10(2)17)8-13(14)15/h4-5,8-9,11H,6-7H2,1-3H3. The van der Waals surface area contributed by atoms with Gasteiger partial charge in [-0.25, -0.2) is 4.39 Å². The maximum atomic E-state index is 14.1. The fraction of sp³-hybridized carbons (Fsp3) is 0.500. The van der Waals surface area contributed by atoms with Crippen LogP contribution < -0.4 is 4.90 Å². The third-order valence-corrected chi connectivity index (χ3v) is 4.89. The van der Waals surface area contributed by atoms with Crippen LogP contribution in [0.5, 0.6) is 0 Å². The number of rotatable bonds is 2. The number of carbonyl (C=O) groups is 1. The number of hydrogen-bond donors (Lipinski definition) is 0. The van der Waals surface area contributed by atoms with Gasteiger partial charge < -0.3 is 4.90 Å². The second kappa shape index (κ2) is 5.31. The molecule has 2 unspecified atom stereocenters. The van der Waals surface area contributed by atoms with E-state index in [4.69, 9.17) is 0 Å². The Morgan fingerprint density at radius 2 is 2.17 bits per heavy atom. The highest BCUT2D eigenvalue weighted by Gasteiger charge is 2.27. The molecule has 0 amide bonds. The molecule has 1 aromatic carbocycles. The van der Waals surface area contributed by atoms with Gasteiger partial charge in [0.2, 0.25) is 0 Å². The molecule has 1 aromatic rings. The van der Waals surface area contributed by atoms with E-state index in [1.54, 1.807) is 12.1 Å². The molecule has 98 valence electrons. The zero-order chi connectivity index (χ0) is 13.3. The highest BCUT2D eigenvalue weighted by atomic mass is 32.2. The second-order valence-corrected chi connectivity index (χ2v) is 6.22. The second-order valence-electron chi connectivity index (χ2n) is 4.73. The van der Waals surface area contributed by atoms with Crippen LogP contribution in [-0.4, -0.2) is 29.4 Å². The van der Waals surface area contributed by atoms with E-state index in [1.807, 2.05) is 11.8 Å². The third kappa shape index (κ3) is 2.53. The van der Waals surface area contributed by atoms with E-state index in [0.717, 1.165) is 12.3 Å². The molecule has 2 rings (SSSR count). The molecule has 1 aliphatic rings. The summed E-state index contributed by atoms with van der Waals surface area (Å²) in [5.41, 5.74) is 1.04. The van der Waals surface area contributed by atoms with Gasteiger partial charge in [0.15, 0.2) is 5.78 Å². The van der Waals surface area contributed by atoms with Crippen LogP contribution in [-0.2, 0) is 0 Å². The van der Waals surface area contributed by atoms with Gasteiger partial charge in [-0.2, -0.15) is 11.8 Å². The lowest BCUT2D eigenvalue weighted by molar-refractivity contribution is 0.101. The summed E-state index contributed by atoms with van der Waals surface area (Å²) in [5, 5.41) is 0.491. The molecule has 4 heteroatoms. The molecule has 0 radical (unpaired) electrons. The summed E-state index contributed by atoms with van der Waals surface area (Å²) in [5.74, 6) is 0.615. The summed E-state index contributed by atoms with van der Waals surface area (Å²) in [6.45, 7) is 6.60. The van der Waals surface area contributed by atoms with Gasteiger partial charge in [-0.1, -0.05) is 6.92 Å². The van der Waals surface area contributed by atoms with Crippen molar-refractivity contribution in [2.45, 2.75) is 32.1 Å². The van der Waals surface area contributed by atoms with Crippen molar-refractivity contribution >= 4 is 23.2 Å². The molecule has 1 aliphatic heterocycles. The van der Waals surface area contributed by atoms with Crippen molar-refractivity contribution in [1.82, 2.24) is 0 Å². The number of benzene rings is 1. The Kier molecular flexibility index (Phi) is 3.95. The summed E-state index contributed by atoms with van der Waals surface area (Å²) >= 11 is 1.92. The predicted octanol–water partition coefficient (Wildman–Crippen LogP) is 3.36. The van der Waals surface area contributed by atoms with Crippen LogP contribution in [0.25, 0.3) is 0 Å². The minimum atomic E-state index is -0.298. The number of anilines is 1. The average Bonchev–Trinajstić information content (AvgIpc) is 2.33. The molecule has 0 aromatic heterocycles. The molecule has 0 saturated carbocycles. The first-order valence-electron chi connectivity index (χ1n) is 6.19. The van der Waals surface area contributed by atoms with Crippen molar-refractivity contribution in [2.24, 2.45) is 0 Å². The van der Waals surface area contributed by atoms with Crippen LogP contribution in [0.1, 0.15) is 31.1 Å². The summed E-state index contributed by atoms with van der Waals surface area (Å²) in [4.78, 5) is 13.3. The molecular weight excluding hydrogens is 249 g/mol. The Morgan fingerprint density at radius 1 is 1.44 bits per heavy atom. The molecular formula is C14H18FNOS. The van der Waals surface area contributed by atoms with Gasteiger partial charge in [0, 0.05) is 29.2 Å². The topological polar surface area (TPSA) is 20.3 Å². The van der Waals surface area contributed by atoms with E-state index in [9.17, 15) is 9.18 Å². The molecule has 0 spiro atoms. The maximum absolute atomic E-state index is 14.1. The van der Waals surface area contributed by atoms with Crippen molar-refractivity contribution in [3.63, 3.8) is 0 Å².